The number of methoxy groups -OCH3 is 1. The quantitative estimate of drug-likeness (QED) is 0.509. The van der Waals surface area contributed by atoms with Gasteiger partial charge in [-0.05, 0) is 18.9 Å². The molecular weight excluding hydrogens is 250 g/mol. The Bertz CT molecular complexity index is 498. The summed E-state index contributed by atoms with van der Waals surface area (Å²) in [6.45, 7) is 0. The van der Waals surface area contributed by atoms with E-state index in [1.165, 1.54) is 19.2 Å². The highest BCUT2D eigenvalue weighted by Crippen LogP contribution is 2.27. The lowest BCUT2D eigenvalue weighted by Crippen LogP contribution is -2.18. The zero-order chi connectivity index (χ0) is 13.8. The fourth-order valence-electron chi connectivity index (χ4n) is 2.19. The van der Waals surface area contributed by atoms with Gasteiger partial charge >= 0.3 is 11.7 Å². The number of pyridine rings is 1. The first kappa shape index (κ1) is 13.3. The minimum atomic E-state index is -0.607. The van der Waals surface area contributed by atoms with Crippen LogP contribution < -0.4 is 5.32 Å². The van der Waals surface area contributed by atoms with Gasteiger partial charge in [-0.3, -0.25) is 10.1 Å². The second-order valence-corrected chi connectivity index (χ2v) is 4.44. The van der Waals surface area contributed by atoms with E-state index in [0.29, 0.717) is 0 Å². The number of carbonyl (C=O) groups excluding carboxylic acids is 1. The highest BCUT2D eigenvalue weighted by atomic mass is 16.6. The second-order valence-electron chi connectivity index (χ2n) is 4.44. The first-order chi connectivity index (χ1) is 9.11. The smallest absolute Gasteiger partial charge is 0.356 e. The summed E-state index contributed by atoms with van der Waals surface area (Å²) in [5.41, 5.74) is -0.0619. The van der Waals surface area contributed by atoms with Gasteiger partial charge in [0.25, 0.3) is 0 Å². The van der Waals surface area contributed by atoms with Crippen molar-refractivity contribution in [3.05, 3.63) is 27.9 Å². The molecule has 0 radical (unpaired) electrons. The molecule has 19 heavy (non-hydrogen) atoms. The second kappa shape index (κ2) is 5.64. The van der Waals surface area contributed by atoms with Crippen molar-refractivity contribution in [2.45, 2.75) is 31.7 Å². The Morgan fingerprint density at radius 2 is 2.16 bits per heavy atom. The van der Waals surface area contributed by atoms with Crippen LogP contribution >= 0.6 is 0 Å². The first-order valence-corrected chi connectivity index (χ1v) is 6.12. The molecule has 1 fully saturated rings. The van der Waals surface area contributed by atoms with Gasteiger partial charge in [-0.2, -0.15) is 0 Å². The summed E-state index contributed by atoms with van der Waals surface area (Å²) in [6.07, 6.45) is 4.12. The van der Waals surface area contributed by atoms with Gasteiger partial charge in [0.1, 0.15) is 0 Å². The fraction of sp³-hybridized carbons (Fsp3) is 0.500. The first-order valence-electron chi connectivity index (χ1n) is 6.12. The van der Waals surface area contributed by atoms with Crippen LogP contribution in [0.25, 0.3) is 0 Å². The Balaban J connectivity index is 2.29. The summed E-state index contributed by atoms with van der Waals surface area (Å²) >= 11 is 0. The number of nitro groups is 1. The molecular formula is C12H15N3O4. The number of hydrogen-bond acceptors (Lipinski definition) is 6. The molecule has 1 aliphatic rings. The summed E-state index contributed by atoms with van der Waals surface area (Å²) < 4.78 is 4.56. The minimum absolute atomic E-state index is 0.0635. The molecule has 102 valence electrons. The Morgan fingerprint density at radius 1 is 1.47 bits per heavy atom. The lowest BCUT2D eigenvalue weighted by atomic mass is 10.2. The summed E-state index contributed by atoms with van der Waals surface area (Å²) in [7, 11) is 1.25. The van der Waals surface area contributed by atoms with Crippen molar-refractivity contribution in [2.24, 2.45) is 0 Å². The van der Waals surface area contributed by atoms with Crippen molar-refractivity contribution < 1.29 is 14.5 Å². The van der Waals surface area contributed by atoms with E-state index in [1.807, 2.05) is 0 Å². The topological polar surface area (TPSA) is 94.4 Å². The Hall–Kier alpha value is -2.18. The molecule has 0 amide bonds. The molecule has 0 atom stereocenters. The standard InChI is InChI=1S/C12H15N3O4/c1-19-12(16)9-6-7-10(15(17)18)11(14-9)13-8-4-2-3-5-8/h6-8H,2-5H2,1H3,(H,13,14). The van der Waals surface area contributed by atoms with Gasteiger partial charge in [-0.15, -0.1) is 0 Å². The van der Waals surface area contributed by atoms with Gasteiger partial charge in [0.15, 0.2) is 5.69 Å². The van der Waals surface area contributed by atoms with E-state index < -0.39 is 10.9 Å². The van der Waals surface area contributed by atoms with E-state index in [0.717, 1.165) is 25.7 Å². The van der Waals surface area contributed by atoms with E-state index >= 15 is 0 Å². The number of nitrogens with zero attached hydrogens (tertiary/aromatic N) is 2. The maximum Gasteiger partial charge on any atom is 0.356 e. The van der Waals surface area contributed by atoms with Crippen molar-refractivity contribution in [3.63, 3.8) is 0 Å². The summed E-state index contributed by atoms with van der Waals surface area (Å²) in [4.78, 5) is 25.8. The highest BCUT2D eigenvalue weighted by molar-refractivity contribution is 5.88. The third kappa shape index (κ3) is 2.98. The molecule has 1 N–H and O–H groups in total. The van der Waals surface area contributed by atoms with Crippen LogP contribution in [-0.4, -0.2) is 29.0 Å². The average molecular weight is 265 g/mol. The van der Waals surface area contributed by atoms with E-state index in [1.54, 1.807) is 0 Å². The molecule has 0 saturated heterocycles. The molecule has 0 aliphatic heterocycles. The molecule has 1 aromatic heterocycles. The molecule has 1 aromatic rings. The van der Waals surface area contributed by atoms with Crippen LogP contribution in [0.1, 0.15) is 36.2 Å². The van der Waals surface area contributed by atoms with Crippen molar-refractivity contribution in [3.8, 4) is 0 Å². The predicted molar refractivity (Wildman–Crippen MR) is 68.1 cm³/mol. The Kier molecular flexibility index (Phi) is 3.94. The van der Waals surface area contributed by atoms with Crippen molar-refractivity contribution in [2.75, 3.05) is 12.4 Å². The molecule has 7 heteroatoms. The molecule has 2 rings (SSSR count). The minimum Gasteiger partial charge on any atom is -0.464 e. The van der Waals surface area contributed by atoms with Crippen LogP contribution in [0, 0.1) is 10.1 Å². The Morgan fingerprint density at radius 3 is 2.74 bits per heavy atom. The van der Waals surface area contributed by atoms with Gasteiger partial charge in [-0.25, -0.2) is 9.78 Å². The number of nitrogens with one attached hydrogen (secondary N) is 1. The van der Waals surface area contributed by atoms with E-state index in [9.17, 15) is 14.9 Å². The lowest BCUT2D eigenvalue weighted by molar-refractivity contribution is -0.384. The number of rotatable bonds is 4. The zero-order valence-electron chi connectivity index (χ0n) is 10.6. The number of anilines is 1. The van der Waals surface area contributed by atoms with Gasteiger partial charge in [0, 0.05) is 12.1 Å². The molecule has 0 spiro atoms. The maximum atomic E-state index is 11.4. The molecule has 0 aromatic carbocycles. The molecule has 1 heterocycles. The van der Waals surface area contributed by atoms with Gasteiger partial charge < -0.3 is 10.1 Å². The van der Waals surface area contributed by atoms with Crippen LogP contribution in [0.3, 0.4) is 0 Å². The molecule has 1 saturated carbocycles. The zero-order valence-corrected chi connectivity index (χ0v) is 10.6. The molecule has 1 aliphatic carbocycles. The SMILES string of the molecule is COC(=O)c1ccc([N+](=O)[O-])c(NC2CCCC2)n1. The van der Waals surface area contributed by atoms with Crippen molar-refractivity contribution in [1.29, 1.82) is 0 Å². The molecule has 7 nitrogen and oxygen atoms in total. The predicted octanol–water partition coefficient (Wildman–Crippen LogP) is 2.13. The van der Waals surface area contributed by atoms with Crippen LogP contribution in [0.2, 0.25) is 0 Å². The van der Waals surface area contributed by atoms with Crippen LogP contribution in [0.4, 0.5) is 11.5 Å². The number of ether oxygens (including phenoxy) is 1. The molecule has 0 unspecified atom stereocenters. The van der Waals surface area contributed by atoms with Gasteiger partial charge in [0.2, 0.25) is 5.82 Å². The van der Waals surface area contributed by atoms with Crippen LogP contribution in [0.5, 0.6) is 0 Å². The highest BCUT2D eigenvalue weighted by Gasteiger charge is 2.23. The molecule has 0 bridgehead atoms. The van der Waals surface area contributed by atoms with Crippen molar-refractivity contribution >= 4 is 17.5 Å². The maximum absolute atomic E-state index is 11.4. The Labute approximate surface area is 110 Å². The number of carbonyl (C=O) groups is 1. The lowest BCUT2D eigenvalue weighted by Gasteiger charge is -2.13. The van der Waals surface area contributed by atoms with E-state index in [4.69, 9.17) is 0 Å². The number of esters is 1. The average Bonchev–Trinajstić information content (AvgIpc) is 2.90. The number of aromatic nitrogens is 1. The largest absolute Gasteiger partial charge is 0.464 e. The third-order valence-electron chi connectivity index (χ3n) is 3.16. The van der Waals surface area contributed by atoms with Gasteiger partial charge in [-0.1, -0.05) is 12.8 Å². The normalized spacial score (nSPS) is 15.2. The van der Waals surface area contributed by atoms with Crippen LogP contribution in [-0.2, 0) is 4.74 Å². The van der Waals surface area contributed by atoms with Crippen molar-refractivity contribution in [1.82, 2.24) is 4.98 Å². The third-order valence-corrected chi connectivity index (χ3v) is 3.16. The summed E-state index contributed by atoms with van der Waals surface area (Å²) in [6, 6.07) is 2.75. The fourth-order valence-corrected chi connectivity index (χ4v) is 2.19. The van der Waals surface area contributed by atoms with Crippen LogP contribution in [0.15, 0.2) is 12.1 Å². The monoisotopic (exact) mass is 265 g/mol. The number of hydrogen-bond donors (Lipinski definition) is 1. The van der Waals surface area contributed by atoms with Gasteiger partial charge in [0.05, 0.1) is 12.0 Å². The summed E-state index contributed by atoms with van der Waals surface area (Å²) in [5, 5.41) is 14.0. The van der Waals surface area contributed by atoms with E-state index in [-0.39, 0.29) is 23.2 Å². The van der Waals surface area contributed by atoms with E-state index in [2.05, 4.69) is 15.0 Å². The summed E-state index contributed by atoms with van der Waals surface area (Å²) in [5.74, 6) is -0.468.